The molecule has 8 heterocycles. The summed E-state index contributed by atoms with van der Waals surface area (Å²) in [5.74, 6) is 1.36. The van der Waals surface area contributed by atoms with E-state index in [1.165, 1.54) is 12.5 Å². The SMILES string of the molecule is COc1c(C)cc2c(c1O)C1C3[C@H]4SC[C@@]5(NCCC6=C5NC5C=CC=CC65)C(=O)OCC(c5c6c(c(C)c(OC(C)=O)c54)OCO6)N3[C@@H](O)C(C2)N1C. The van der Waals surface area contributed by atoms with Crippen LogP contribution in [0.3, 0.4) is 0 Å². The number of thioether (sulfide) groups is 1. The molecule has 8 aliphatic heterocycles. The molecule has 0 radical (unpaired) electrons. The molecule has 14 heteroatoms. The van der Waals surface area contributed by atoms with E-state index in [4.69, 9.17) is 23.7 Å². The van der Waals surface area contributed by atoms with E-state index < -0.39 is 41.1 Å². The Morgan fingerprint density at radius 1 is 1.09 bits per heavy atom. The fraction of sp³-hybridized carbons (Fsp3) is 0.500. The third-order valence-electron chi connectivity index (χ3n) is 13.0. The summed E-state index contributed by atoms with van der Waals surface area (Å²) >= 11 is 1.56. The number of phenols is 1. The fourth-order valence-electron chi connectivity index (χ4n) is 10.8. The molecule has 0 amide bonds. The number of methoxy groups -OCH3 is 1. The van der Waals surface area contributed by atoms with Gasteiger partial charge in [-0.15, -0.1) is 11.8 Å². The number of fused-ring (bicyclic) bond motifs is 10. The number of rotatable bonds is 2. The van der Waals surface area contributed by atoms with Gasteiger partial charge < -0.3 is 39.2 Å². The number of carbonyl (C=O) groups is 2. The van der Waals surface area contributed by atoms with Gasteiger partial charge in [0.25, 0.3) is 0 Å². The van der Waals surface area contributed by atoms with Gasteiger partial charge >= 0.3 is 11.9 Å². The van der Waals surface area contributed by atoms with Gasteiger partial charge in [-0.3, -0.25) is 19.9 Å². The highest BCUT2D eigenvalue weighted by Crippen LogP contribution is 2.64. The maximum Gasteiger partial charge on any atom is 0.333 e. The van der Waals surface area contributed by atoms with Gasteiger partial charge in [0.05, 0.1) is 36.5 Å². The van der Waals surface area contributed by atoms with E-state index >= 15 is 0 Å². The molecule has 4 bridgehead atoms. The zero-order chi connectivity index (χ0) is 37.4. The first-order chi connectivity index (χ1) is 26.1. The summed E-state index contributed by atoms with van der Waals surface area (Å²) in [5, 5.41) is 31.4. The average molecular weight is 757 g/mol. The van der Waals surface area contributed by atoms with E-state index in [9.17, 15) is 19.8 Å². The molecule has 11 rings (SSSR count). The molecule has 1 spiro atoms. The number of hydrogen-bond donors (Lipinski definition) is 4. The highest BCUT2D eigenvalue weighted by atomic mass is 32.2. The molecule has 0 saturated carbocycles. The summed E-state index contributed by atoms with van der Waals surface area (Å²) in [5.41, 5.74) is 5.40. The van der Waals surface area contributed by atoms with Crippen molar-refractivity contribution in [3.63, 3.8) is 0 Å². The minimum absolute atomic E-state index is 0.0301. The van der Waals surface area contributed by atoms with E-state index in [2.05, 4.69) is 44.7 Å². The van der Waals surface area contributed by atoms with Crippen molar-refractivity contribution in [1.82, 2.24) is 20.4 Å². The van der Waals surface area contributed by atoms with Crippen molar-refractivity contribution >= 4 is 23.7 Å². The van der Waals surface area contributed by atoms with Gasteiger partial charge in [0.15, 0.2) is 28.5 Å². The Hall–Kier alpha value is -4.21. The Bertz CT molecular complexity index is 2120. The number of aryl methyl sites for hydroxylation is 1. The molecule has 2 saturated heterocycles. The van der Waals surface area contributed by atoms with Crippen molar-refractivity contribution < 1.29 is 43.5 Å². The molecule has 2 aromatic rings. The number of benzene rings is 2. The number of carbonyl (C=O) groups excluding carboxylic acids is 2. The van der Waals surface area contributed by atoms with Crippen LogP contribution in [0.1, 0.15) is 64.1 Å². The third kappa shape index (κ3) is 4.48. The second kappa shape index (κ2) is 12.1. The fourth-order valence-corrected chi connectivity index (χ4v) is 12.5. The Kier molecular flexibility index (Phi) is 7.71. The Morgan fingerprint density at radius 2 is 1.89 bits per heavy atom. The Morgan fingerprint density at radius 3 is 2.69 bits per heavy atom. The lowest BCUT2D eigenvalue weighted by molar-refractivity contribution is -0.185. The predicted molar refractivity (Wildman–Crippen MR) is 198 cm³/mol. The van der Waals surface area contributed by atoms with Crippen LogP contribution < -0.4 is 29.6 Å². The number of aromatic hydroxyl groups is 1. The molecule has 9 aliphatic rings. The van der Waals surface area contributed by atoms with Crippen molar-refractivity contribution in [2.24, 2.45) is 5.92 Å². The summed E-state index contributed by atoms with van der Waals surface area (Å²) in [6, 6.07) is 0.0665. The first-order valence-corrected chi connectivity index (χ1v) is 19.7. The third-order valence-corrected chi connectivity index (χ3v) is 14.5. The van der Waals surface area contributed by atoms with Crippen LogP contribution in [0.2, 0.25) is 0 Å². The van der Waals surface area contributed by atoms with Crippen LogP contribution >= 0.6 is 11.8 Å². The monoisotopic (exact) mass is 756 g/mol. The van der Waals surface area contributed by atoms with Crippen molar-refractivity contribution in [3.8, 4) is 28.7 Å². The smallest absolute Gasteiger partial charge is 0.333 e. The van der Waals surface area contributed by atoms with Gasteiger partial charge in [0, 0.05) is 59.1 Å². The zero-order valence-corrected chi connectivity index (χ0v) is 31.6. The van der Waals surface area contributed by atoms with Crippen LogP contribution in [0.15, 0.2) is 41.6 Å². The number of likely N-dealkylation sites (N-methyl/N-ethyl adjacent to an activating group) is 1. The van der Waals surface area contributed by atoms with Gasteiger partial charge in [-0.25, -0.2) is 4.79 Å². The van der Waals surface area contributed by atoms with Crippen molar-refractivity contribution in [2.45, 2.75) is 80.8 Å². The zero-order valence-electron chi connectivity index (χ0n) is 30.8. The van der Waals surface area contributed by atoms with Gasteiger partial charge in [-0.05, 0) is 50.4 Å². The molecule has 54 heavy (non-hydrogen) atoms. The average Bonchev–Trinajstić information content (AvgIpc) is 3.80. The second-order valence-corrected chi connectivity index (χ2v) is 16.7. The quantitative estimate of drug-likeness (QED) is 0.262. The molecule has 13 nitrogen and oxygen atoms in total. The summed E-state index contributed by atoms with van der Waals surface area (Å²) in [6.07, 6.45) is 8.71. The van der Waals surface area contributed by atoms with Crippen LogP contribution in [0, 0.1) is 19.8 Å². The van der Waals surface area contributed by atoms with Crippen LogP contribution in [0.25, 0.3) is 0 Å². The number of aliphatic hydroxyl groups excluding tert-OH is 1. The first kappa shape index (κ1) is 34.3. The summed E-state index contributed by atoms with van der Waals surface area (Å²) in [6.45, 7) is 5.61. The largest absolute Gasteiger partial charge is 0.504 e. The summed E-state index contributed by atoms with van der Waals surface area (Å²) in [4.78, 5) is 31.9. The molecule has 2 fully saturated rings. The van der Waals surface area contributed by atoms with E-state index in [-0.39, 0.29) is 48.9 Å². The van der Waals surface area contributed by atoms with Crippen molar-refractivity contribution in [1.29, 1.82) is 0 Å². The Labute approximate surface area is 317 Å². The lowest BCUT2D eigenvalue weighted by atomic mass is 9.73. The first-order valence-electron chi connectivity index (χ1n) is 18.7. The van der Waals surface area contributed by atoms with Gasteiger partial charge in [-0.2, -0.15) is 0 Å². The van der Waals surface area contributed by atoms with E-state index in [0.29, 0.717) is 47.1 Å². The van der Waals surface area contributed by atoms with E-state index in [0.717, 1.165) is 34.4 Å². The maximum atomic E-state index is 14.8. The second-order valence-electron chi connectivity index (χ2n) is 15.6. The maximum absolute atomic E-state index is 14.8. The summed E-state index contributed by atoms with van der Waals surface area (Å²) in [7, 11) is 3.55. The number of esters is 2. The van der Waals surface area contributed by atoms with Crippen LogP contribution in [-0.4, -0.2) is 102 Å². The van der Waals surface area contributed by atoms with E-state index in [1.54, 1.807) is 18.9 Å². The molecular formula is C40H44N4O9S. The van der Waals surface area contributed by atoms with Crippen molar-refractivity contribution in [3.05, 3.63) is 75.0 Å². The van der Waals surface area contributed by atoms with Crippen LogP contribution in [0.4, 0.5) is 0 Å². The molecule has 284 valence electrons. The van der Waals surface area contributed by atoms with Gasteiger partial charge in [-0.1, -0.05) is 30.4 Å². The minimum atomic E-state index is -1.19. The lowest BCUT2D eigenvalue weighted by Gasteiger charge is -2.62. The molecule has 2 aromatic carbocycles. The normalized spacial score (nSPS) is 34.4. The number of allylic oxidation sites excluding steroid dienone is 2. The highest BCUT2D eigenvalue weighted by molar-refractivity contribution is 7.99. The van der Waals surface area contributed by atoms with Gasteiger partial charge in [0.2, 0.25) is 6.79 Å². The highest BCUT2D eigenvalue weighted by Gasteiger charge is 2.62. The number of hydrogen-bond acceptors (Lipinski definition) is 14. The molecule has 6 unspecified atom stereocenters. The molecule has 9 atom stereocenters. The number of nitrogens with zero attached hydrogens (tertiary/aromatic N) is 2. The topological polar surface area (TPSA) is 151 Å². The molecule has 1 aliphatic carbocycles. The summed E-state index contributed by atoms with van der Waals surface area (Å²) < 4.78 is 30.6. The number of ether oxygens (including phenoxy) is 5. The molecule has 4 N–H and O–H groups in total. The number of phenolic OH excluding ortho intramolecular Hbond substituents is 1. The lowest BCUT2D eigenvalue weighted by Crippen LogP contribution is -2.70. The predicted octanol–water partition coefficient (Wildman–Crippen LogP) is 3.36. The Balaban J connectivity index is 1.22. The standard InChI is InChI=1S/C40H44N4O9S/c1-17-12-20-13-24-38(47)44-25-14-50-39(48)40(37-22(10-11-41-40)21-8-6-7-9-23(21)42-37)15-54-36(30(44)29(43(24)4)26(20)31(46)32(17)49-5)28-27(25)35-34(51-16-52-35)18(2)33(28)53-19(3)45/h6-9,12,21,23-25,29-30,36,38,41-42,46-47H,10-11,13-16H2,1-5H3/t21?,23?,24?,25?,29?,30?,36-,38-,40-/m0/s1. The van der Waals surface area contributed by atoms with Crippen molar-refractivity contribution in [2.75, 3.05) is 39.9 Å². The molecule has 0 aromatic heterocycles. The minimum Gasteiger partial charge on any atom is -0.504 e. The molecular weight excluding hydrogens is 713 g/mol. The van der Waals surface area contributed by atoms with Gasteiger partial charge in [0.1, 0.15) is 18.6 Å². The van der Waals surface area contributed by atoms with Crippen LogP contribution in [0.5, 0.6) is 28.7 Å². The van der Waals surface area contributed by atoms with Crippen LogP contribution in [-0.2, 0) is 20.7 Å². The number of piperazine rings is 1. The number of nitrogens with one attached hydrogen (secondary N) is 2. The number of aliphatic hydroxyl groups is 1. The van der Waals surface area contributed by atoms with E-state index in [1.807, 2.05) is 27.0 Å².